The lowest BCUT2D eigenvalue weighted by molar-refractivity contribution is -0.138. The van der Waals surface area contributed by atoms with Gasteiger partial charge in [-0.2, -0.15) is 0 Å². The van der Waals surface area contributed by atoms with Gasteiger partial charge < -0.3 is 5.11 Å². The van der Waals surface area contributed by atoms with Crippen molar-refractivity contribution in [3.05, 3.63) is 152 Å². The summed E-state index contributed by atoms with van der Waals surface area (Å²) in [6, 6.07) is 39.9. The molecule has 9 heteroatoms. The number of rotatable bonds is 15. The van der Waals surface area contributed by atoms with E-state index >= 15 is 0 Å². The maximum Gasteiger partial charge on any atom is 0.303 e. The molecule has 0 bridgehead atoms. The molecule has 1 aliphatic rings. The molecular formula is C58H86Cl2O5S2. The van der Waals surface area contributed by atoms with Crippen LogP contribution in [0.4, 0.5) is 0 Å². The molecule has 1 aliphatic carbocycles. The zero-order valence-electron chi connectivity index (χ0n) is 38.4. The molecule has 1 fully saturated rings. The minimum absolute atomic E-state index is 0. The summed E-state index contributed by atoms with van der Waals surface area (Å²) in [7, 11) is 0. The summed E-state index contributed by atoms with van der Waals surface area (Å²) in [5, 5.41) is 10.7. The first kappa shape index (κ1) is 67.4. The first-order chi connectivity index (χ1) is 30.0. The molecule has 3 aromatic carbocycles. The number of benzene rings is 3. The van der Waals surface area contributed by atoms with Gasteiger partial charge in [-0.25, -0.2) is 0 Å². The molecule has 0 saturated heterocycles. The third-order valence-electron chi connectivity index (χ3n) is 10.2. The Hall–Kier alpha value is -3.88. The van der Waals surface area contributed by atoms with Gasteiger partial charge in [0, 0.05) is 48.3 Å². The highest BCUT2D eigenvalue weighted by Gasteiger charge is 2.30. The van der Waals surface area contributed by atoms with Crippen LogP contribution in [0, 0.1) is 29.6 Å². The van der Waals surface area contributed by atoms with Gasteiger partial charge in [-0.3, -0.25) is 19.2 Å². The highest BCUT2D eigenvalue weighted by Crippen LogP contribution is 2.41. The SMILES string of the molecule is C.C.C.C.CC(C)CC(=O)Cl.CC(C)CC(=O)Cl.CC(C)CC(=O)c1ccc(Cc2ccccc2)s1.CC(CC(=O)O)C1CCCCCC1c1ccccc1.c1ccc(Cc2cccs2)cc1. The highest BCUT2D eigenvalue weighted by atomic mass is 35.5. The van der Waals surface area contributed by atoms with Gasteiger partial charge >= 0.3 is 5.97 Å². The van der Waals surface area contributed by atoms with Crippen molar-refractivity contribution < 1.29 is 24.3 Å². The van der Waals surface area contributed by atoms with Crippen LogP contribution in [0.15, 0.2) is 121 Å². The lowest BCUT2D eigenvalue weighted by Crippen LogP contribution is -2.22. The Kier molecular flexibility index (Phi) is 39.2. The van der Waals surface area contributed by atoms with Crippen LogP contribution in [0.1, 0.15) is 178 Å². The Labute approximate surface area is 426 Å². The van der Waals surface area contributed by atoms with Gasteiger partial charge in [-0.15, -0.1) is 22.7 Å². The van der Waals surface area contributed by atoms with E-state index in [2.05, 4.69) is 117 Å². The monoisotopic (exact) mass is 997 g/mol. The van der Waals surface area contributed by atoms with E-state index in [9.17, 15) is 19.2 Å². The molecule has 3 unspecified atom stereocenters. The molecule has 2 aromatic heterocycles. The van der Waals surface area contributed by atoms with Crippen LogP contribution in [0.25, 0.3) is 0 Å². The van der Waals surface area contributed by atoms with Gasteiger partial charge in [0.1, 0.15) is 0 Å². The van der Waals surface area contributed by atoms with Crippen molar-refractivity contribution in [2.24, 2.45) is 29.6 Å². The standard InChI is InChI=1S/C17H24O2.C16H18OS.C11H10S.2C5H9ClO.4CH4/c1-13(12-17(18)19)15-10-6-3-7-11-16(15)14-8-4-2-5-9-14;1-12(2)10-15(17)16-9-8-14(18-16)11-13-6-4-3-5-7-13;1-2-5-10(6-3-1)9-11-7-4-8-12-11;2*1-4(2)3-5(6)7;;;;/h2,4-5,8-9,13,15-16H,3,6-7,10-12H2,1H3,(H,18,19);3-9,12H,10-11H2,1-2H3;1-8H,9H2;2*4H,3H2,1-2H3;4*1H4. The average Bonchev–Trinajstić information content (AvgIpc) is 3.85. The van der Waals surface area contributed by atoms with Crippen molar-refractivity contribution in [3.63, 3.8) is 0 Å². The lowest BCUT2D eigenvalue weighted by atomic mass is 9.74. The number of halogens is 2. The largest absolute Gasteiger partial charge is 0.481 e. The first-order valence-electron chi connectivity index (χ1n) is 22.4. The van der Waals surface area contributed by atoms with Gasteiger partial charge in [0.15, 0.2) is 5.78 Å². The lowest BCUT2D eigenvalue weighted by Gasteiger charge is -2.30. The van der Waals surface area contributed by atoms with Gasteiger partial charge in [0.2, 0.25) is 10.5 Å². The third kappa shape index (κ3) is 31.7. The Morgan fingerprint density at radius 1 is 0.552 bits per heavy atom. The van der Waals surface area contributed by atoms with E-state index in [0.717, 1.165) is 17.7 Å². The summed E-state index contributed by atoms with van der Waals surface area (Å²) in [5.74, 6) is 2.14. The fraction of sp³-hybridized carbons (Fsp3) is 0.483. The highest BCUT2D eigenvalue weighted by molar-refractivity contribution is 7.14. The molecule has 5 nitrogen and oxygen atoms in total. The number of thiophene rings is 2. The molecule has 6 rings (SSSR count). The van der Waals surface area contributed by atoms with Crippen LogP contribution in [-0.2, 0) is 27.2 Å². The molecule has 374 valence electrons. The Morgan fingerprint density at radius 3 is 1.43 bits per heavy atom. The van der Waals surface area contributed by atoms with Crippen LogP contribution in [0.2, 0.25) is 0 Å². The average molecular weight is 998 g/mol. The number of carboxylic acids is 1. The molecule has 2 heterocycles. The summed E-state index contributed by atoms with van der Waals surface area (Å²) in [5.41, 5.74) is 4.08. The zero-order valence-corrected chi connectivity index (χ0v) is 41.6. The number of Topliss-reactive ketones (excluding diaryl/α,β-unsaturated/α-hetero) is 1. The van der Waals surface area contributed by atoms with Crippen LogP contribution < -0.4 is 0 Å². The van der Waals surface area contributed by atoms with Crippen molar-refractivity contribution in [2.45, 2.75) is 155 Å². The van der Waals surface area contributed by atoms with Crippen LogP contribution in [0.5, 0.6) is 0 Å². The summed E-state index contributed by atoms with van der Waals surface area (Å²) in [6.45, 7) is 14.1. The second kappa shape index (κ2) is 39.0. The minimum Gasteiger partial charge on any atom is -0.481 e. The zero-order chi connectivity index (χ0) is 46.6. The first-order valence-corrected chi connectivity index (χ1v) is 24.8. The van der Waals surface area contributed by atoms with E-state index < -0.39 is 5.97 Å². The van der Waals surface area contributed by atoms with Gasteiger partial charge in [0.05, 0.1) is 4.88 Å². The smallest absolute Gasteiger partial charge is 0.303 e. The number of carbonyl (C=O) groups is 4. The second-order valence-corrected chi connectivity index (χ2v) is 20.5. The second-order valence-electron chi connectivity index (χ2n) is 17.5. The van der Waals surface area contributed by atoms with Crippen molar-refractivity contribution in [2.75, 3.05) is 0 Å². The van der Waals surface area contributed by atoms with Crippen molar-refractivity contribution in [1.29, 1.82) is 0 Å². The van der Waals surface area contributed by atoms with Crippen LogP contribution >= 0.6 is 45.9 Å². The predicted octanol–water partition coefficient (Wildman–Crippen LogP) is 18.5. The summed E-state index contributed by atoms with van der Waals surface area (Å²) < 4.78 is 0. The number of hydrogen-bond donors (Lipinski definition) is 1. The molecule has 0 amide bonds. The number of carbonyl (C=O) groups excluding carboxylic acids is 3. The van der Waals surface area contributed by atoms with Gasteiger partial charge in [0.25, 0.3) is 0 Å². The molecule has 5 aromatic rings. The van der Waals surface area contributed by atoms with Crippen molar-refractivity contribution in [3.8, 4) is 0 Å². The van der Waals surface area contributed by atoms with E-state index in [1.54, 1.807) is 11.3 Å². The maximum absolute atomic E-state index is 11.9. The molecule has 0 radical (unpaired) electrons. The molecule has 67 heavy (non-hydrogen) atoms. The number of ketones is 1. The molecule has 0 aliphatic heterocycles. The van der Waals surface area contributed by atoms with E-state index in [1.165, 1.54) is 58.5 Å². The Bertz CT molecular complexity index is 1960. The topological polar surface area (TPSA) is 88.5 Å². The predicted molar refractivity (Wildman–Crippen MR) is 296 cm³/mol. The van der Waals surface area contributed by atoms with E-state index in [1.807, 2.05) is 63.3 Å². The molecule has 1 saturated carbocycles. The van der Waals surface area contributed by atoms with Gasteiger partial charge in [-0.1, -0.05) is 194 Å². The van der Waals surface area contributed by atoms with Crippen LogP contribution in [0.3, 0.4) is 0 Å². The number of hydrogen-bond acceptors (Lipinski definition) is 6. The molecular weight excluding hydrogens is 912 g/mol. The molecule has 0 spiro atoms. The summed E-state index contributed by atoms with van der Waals surface area (Å²) >= 11 is 13.5. The third-order valence-corrected chi connectivity index (χ3v) is 12.5. The molecule has 3 atom stereocenters. The fourth-order valence-corrected chi connectivity index (χ4v) is 9.65. The van der Waals surface area contributed by atoms with E-state index in [-0.39, 0.29) is 51.9 Å². The Morgan fingerprint density at radius 2 is 1.01 bits per heavy atom. The van der Waals surface area contributed by atoms with E-state index in [0.29, 0.717) is 55.3 Å². The number of carboxylic acid groups (broad SMARTS) is 1. The Balaban J connectivity index is -0.000000794. The van der Waals surface area contributed by atoms with Crippen molar-refractivity contribution in [1.82, 2.24) is 0 Å². The minimum atomic E-state index is -0.663. The normalized spacial score (nSPS) is 14.0. The van der Waals surface area contributed by atoms with E-state index in [4.69, 9.17) is 28.3 Å². The van der Waals surface area contributed by atoms with Crippen LogP contribution in [-0.4, -0.2) is 27.3 Å². The fourth-order valence-electron chi connectivity index (χ4n) is 7.30. The summed E-state index contributed by atoms with van der Waals surface area (Å²) in [4.78, 5) is 46.5. The maximum atomic E-state index is 11.9. The number of aliphatic carboxylic acids is 1. The quantitative estimate of drug-likeness (QED) is 0.0641. The van der Waals surface area contributed by atoms with Gasteiger partial charge in [-0.05, 0) is 112 Å². The molecule has 1 N–H and O–H groups in total. The summed E-state index contributed by atoms with van der Waals surface area (Å²) in [6.07, 6.45) is 10.1. The van der Waals surface area contributed by atoms with Crippen molar-refractivity contribution >= 4 is 68.1 Å².